The van der Waals surface area contributed by atoms with E-state index in [4.69, 9.17) is 10.00 Å². The SMILES string of the molecule is CN(C)CCOCCNC(CC#N)c1ccccc1. The van der Waals surface area contributed by atoms with E-state index in [-0.39, 0.29) is 6.04 Å². The van der Waals surface area contributed by atoms with Crippen LogP contribution in [0, 0.1) is 11.3 Å². The van der Waals surface area contributed by atoms with Gasteiger partial charge in [-0.2, -0.15) is 5.26 Å². The number of hydrogen-bond donors (Lipinski definition) is 1. The Morgan fingerprint density at radius 2 is 2.00 bits per heavy atom. The molecule has 0 radical (unpaired) electrons. The summed E-state index contributed by atoms with van der Waals surface area (Å²) in [6.07, 6.45) is 0.474. The van der Waals surface area contributed by atoms with E-state index in [1.165, 1.54) is 0 Å². The lowest BCUT2D eigenvalue weighted by molar-refractivity contribution is 0.117. The first-order valence-electron chi connectivity index (χ1n) is 6.62. The molecule has 1 aromatic carbocycles. The first-order chi connectivity index (χ1) is 9.24. The first kappa shape index (κ1) is 15.6. The summed E-state index contributed by atoms with van der Waals surface area (Å²) < 4.78 is 5.52. The number of nitriles is 1. The molecule has 1 aromatic rings. The summed E-state index contributed by atoms with van der Waals surface area (Å²) in [4.78, 5) is 2.09. The maximum Gasteiger partial charge on any atom is 0.0641 e. The predicted molar refractivity (Wildman–Crippen MR) is 76.8 cm³/mol. The van der Waals surface area contributed by atoms with Crippen LogP contribution in [0.2, 0.25) is 0 Å². The minimum atomic E-state index is 0.0867. The smallest absolute Gasteiger partial charge is 0.0641 e. The van der Waals surface area contributed by atoms with Crippen molar-refractivity contribution in [2.24, 2.45) is 0 Å². The van der Waals surface area contributed by atoms with Gasteiger partial charge in [0.2, 0.25) is 0 Å². The Morgan fingerprint density at radius 3 is 2.63 bits per heavy atom. The van der Waals surface area contributed by atoms with Gasteiger partial charge in [0.15, 0.2) is 0 Å². The van der Waals surface area contributed by atoms with Crippen molar-refractivity contribution in [2.45, 2.75) is 12.5 Å². The zero-order valence-electron chi connectivity index (χ0n) is 11.8. The molecule has 104 valence electrons. The van der Waals surface area contributed by atoms with E-state index in [0.29, 0.717) is 13.0 Å². The van der Waals surface area contributed by atoms with E-state index in [0.717, 1.165) is 25.3 Å². The van der Waals surface area contributed by atoms with Crippen LogP contribution in [0.3, 0.4) is 0 Å². The van der Waals surface area contributed by atoms with Crippen LogP contribution < -0.4 is 5.32 Å². The molecule has 1 rings (SSSR count). The molecule has 0 saturated carbocycles. The molecule has 4 nitrogen and oxygen atoms in total. The quantitative estimate of drug-likeness (QED) is 0.689. The van der Waals surface area contributed by atoms with Crippen LogP contribution in [0.4, 0.5) is 0 Å². The van der Waals surface area contributed by atoms with Crippen LogP contribution >= 0.6 is 0 Å². The number of hydrogen-bond acceptors (Lipinski definition) is 4. The third kappa shape index (κ3) is 6.92. The summed E-state index contributed by atoms with van der Waals surface area (Å²) in [5.41, 5.74) is 1.15. The van der Waals surface area contributed by atoms with Crippen molar-refractivity contribution in [1.29, 1.82) is 5.26 Å². The number of benzene rings is 1. The Hall–Kier alpha value is -1.41. The molecule has 0 spiro atoms. The van der Waals surface area contributed by atoms with Crippen LogP contribution in [0.15, 0.2) is 30.3 Å². The molecule has 1 N–H and O–H groups in total. The Labute approximate surface area is 116 Å². The first-order valence-corrected chi connectivity index (χ1v) is 6.62. The van der Waals surface area contributed by atoms with Gasteiger partial charge in [0.05, 0.1) is 25.7 Å². The maximum atomic E-state index is 8.87. The molecule has 1 atom stereocenters. The van der Waals surface area contributed by atoms with E-state index in [9.17, 15) is 0 Å². The van der Waals surface area contributed by atoms with Crippen molar-refractivity contribution in [3.05, 3.63) is 35.9 Å². The maximum absolute atomic E-state index is 8.87. The third-order valence-corrected chi connectivity index (χ3v) is 2.82. The molecule has 0 amide bonds. The van der Waals surface area contributed by atoms with Gasteiger partial charge in [0.1, 0.15) is 0 Å². The molecule has 0 bridgehead atoms. The van der Waals surface area contributed by atoms with Crippen molar-refractivity contribution in [3.8, 4) is 6.07 Å². The van der Waals surface area contributed by atoms with Gasteiger partial charge in [-0.15, -0.1) is 0 Å². The lowest BCUT2D eigenvalue weighted by Gasteiger charge is -2.16. The molecule has 0 aromatic heterocycles. The highest BCUT2D eigenvalue weighted by Gasteiger charge is 2.09. The molecular formula is C15H23N3O. The van der Waals surface area contributed by atoms with Gasteiger partial charge in [-0.05, 0) is 19.7 Å². The molecule has 19 heavy (non-hydrogen) atoms. The Morgan fingerprint density at radius 1 is 1.26 bits per heavy atom. The summed E-state index contributed by atoms with van der Waals surface area (Å²) in [5, 5.41) is 12.2. The highest BCUT2D eigenvalue weighted by molar-refractivity contribution is 5.19. The lowest BCUT2D eigenvalue weighted by Crippen LogP contribution is -2.26. The lowest BCUT2D eigenvalue weighted by atomic mass is 10.0. The molecule has 1 unspecified atom stereocenters. The molecule has 0 aliphatic rings. The molecule has 0 saturated heterocycles. The number of likely N-dealkylation sites (N-methyl/N-ethyl adjacent to an activating group) is 1. The molecular weight excluding hydrogens is 238 g/mol. The van der Waals surface area contributed by atoms with Crippen molar-refractivity contribution in [2.75, 3.05) is 40.4 Å². The highest BCUT2D eigenvalue weighted by Crippen LogP contribution is 2.15. The third-order valence-electron chi connectivity index (χ3n) is 2.82. The van der Waals surface area contributed by atoms with E-state index >= 15 is 0 Å². The fourth-order valence-corrected chi connectivity index (χ4v) is 1.74. The average molecular weight is 261 g/mol. The van der Waals surface area contributed by atoms with Crippen LogP contribution in [0.25, 0.3) is 0 Å². The Balaban J connectivity index is 2.26. The number of rotatable bonds is 9. The number of nitrogens with zero attached hydrogens (tertiary/aromatic N) is 2. The van der Waals surface area contributed by atoms with Crippen molar-refractivity contribution < 1.29 is 4.74 Å². The summed E-state index contributed by atoms with van der Waals surface area (Å²) in [5.74, 6) is 0. The second-order valence-corrected chi connectivity index (χ2v) is 4.70. The minimum absolute atomic E-state index is 0.0867. The predicted octanol–water partition coefficient (Wildman–Crippen LogP) is 1.81. The summed E-state index contributed by atoms with van der Waals surface area (Å²) in [6.45, 7) is 3.10. The molecule has 0 aliphatic heterocycles. The van der Waals surface area contributed by atoms with Gasteiger partial charge in [-0.1, -0.05) is 30.3 Å². The number of nitrogens with one attached hydrogen (secondary N) is 1. The van der Waals surface area contributed by atoms with Crippen LogP contribution in [-0.2, 0) is 4.74 Å². The minimum Gasteiger partial charge on any atom is -0.379 e. The van der Waals surface area contributed by atoms with Crippen molar-refractivity contribution >= 4 is 0 Å². The van der Waals surface area contributed by atoms with E-state index < -0.39 is 0 Å². The molecule has 4 heteroatoms. The van der Waals surface area contributed by atoms with Gasteiger partial charge in [-0.25, -0.2) is 0 Å². The van der Waals surface area contributed by atoms with Crippen molar-refractivity contribution in [3.63, 3.8) is 0 Å². The van der Waals surface area contributed by atoms with E-state index in [1.54, 1.807) is 0 Å². The molecule has 0 heterocycles. The summed E-state index contributed by atoms with van der Waals surface area (Å²) >= 11 is 0. The van der Waals surface area contributed by atoms with Crippen LogP contribution in [0.1, 0.15) is 18.0 Å². The van der Waals surface area contributed by atoms with Crippen molar-refractivity contribution in [1.82, 2.24) is 10.2 Å². The highest BCUT2D eigenvalue weighted by atomic mass is 16.5. The summed E-state index contributed by atoms with van der Waals surface area (Å²) in [6, 6.07) is 12.4. The second kappa shape index (κ2) is 9.51. The van der Waals surface area contributed by atoms with Gasteiger partial charge in [-0.3, -0.25) is 0 Å². The standard InChI is InChI=1S/C15H23N3O/c1-18(2)11-13-19-12-10-17-15(8-9-16)14-6-4-3-5-7-14/h3-7,15,17H,8,10-13H2,1-2H3. The van der Waals surface area contributed by atoms with Gasteiger partial charge in [0.25, 0.3) is 0 Å². The van der Waals surface area contributed by atoms with Gasteiger partial charge >= 0.3 is 0 Å². The monoisotopic (exact) mass is 261 g/mol. The fraction of sp³-hybridized carbons (Fsp3) is 0.533. The van der Waals surface area contributed by atoms with E-state index in [1.807, 2.05) is 44.4 Å². The number of ether oxygens (including phenoxy) is 1. The zero-order valence-corrected chi connectivity index (χ0v) is 11.8. The average Bonchev–Trinajstić information content (AvgIpc) is 2.42. The molecule has 0 aliphatic carbocycles. The van der Waals surface area contributed by atoms with Gasteiger partial charge in [0, 0.05) is 19.1 Å². The van der Waals surface area contributed by atoms with E-state index in [2.05, 4.69) is 16.3 Å². The van der Waals surface area contributed by atoms with Crippen LogP contribution in [-0.4, -0.2) is 45.3 Å². The summed E-state index contributed by atoms with van der Waals surface area (Å²) in [7, 11) is 4.06. The Kier molecular flexibility index (Phi) is 7.83. The molecule has 0 fully saturated rings. The topological polar surface area (TPSA) is 48.3 Å². The Bertz CT molecular complexity index is 373. The largest absolute Gasteiger partial charge is 0.379 e. The normalized spacial score (nSPS) is 12.3. The zero-order chi connectivity index (χ0) is 13.9. The van der Waals surface area contributed by atoms with Gasteiger partial charge < -0.3 is 15.0 Å². The second-order valence-electron chi connectivity index (χ2n) is 4.70. The van der Waals surface area contributed by atoms with Crippen LogP contribution in [0.5, 0.6) is 0 Å². The fourth-order valence-electron chi connectivity index (χ4n) is 1.74.